The molecule has 0 saturated carbocycles. The number of nitrogens with zero attached hydrogens (tertiary/aromatic N) is 1. The predicted octanol–water partition coefficient (Wildman–Crippen LogP) is 3.02. The molecule has 4 heteroatoms. The van der Waals surface area contributed by atoms with E-state index in [1.54, 1.807) is 19.2 Å². The number of likely N-dealkylation sites (tertiary alicyclic amines) is 1. The molecule has 19 heavy (non-hydrogen) atoms. The van der Waals surface area contributed by atoms with Crippen molar-refractivity contribution < 1.29 is 9.53 Å². The van der Waals surface area contributed by atoms with Crippen LogP contribution in [0.4, 0.5) is 0 Å². The minimum absolute atomic E-state index is 0.155. The van der Waals surface area contributed by atoms with Gasteiger partial charge in [0.2, 0.25) is 0 Å². The van der Waals surface area contributed by atoms with Crippen molar-refractivity contribution in [1.29, 1.82) is 0 Å². The van der Waals surface area contributed by atoms with Crippen LogP contribution in [0.5, 0.6) is 0 Å². The van der Waals surface area contributed by atoms with Gasteiger partial charge in [0.05, 0.1) is 6.10 Å². The summed E-state index contributed by atoms with van der Waals surface area (Å²) < 4.78 is 5.38. The number of methoxy groups -OCH3 is 1. The van der Waals surface area contributed by atoms with E-state index in [9.17, 15) is 4.79 Å². The summed E-state index contributed by atoms with van der Waals surface area (Å²) in [6.07, 6.45) is 3.12. The lowest BCUT2D eigenvalue weighted by atomic mass is 10.1. The number of ether oxygens (including phenoxy) is 1. The van der Waals surface area contributed by atoms with Crippen molar-refractivity contribution in [2.45, 2.75) is 25.4 Å². The van der Waals surface area contributed by atoms with Gasteiger partial charge in [0.1, 0.15) is 0 Å². The van der Waals surface area contributed by atoms with Gasteiger partial charge >= 0.3 is 0 Å². The Balaban J connectivity index is 1.83. The molecule has 0 aromatic heterocycles. The molecule has 0 N–H and O–H groups in total. The van der Waals surface area contributed by atoms with Crippen LogP contribution in [0.3, 0.4) is 0 Å². The highest BCUT2D eigenvalue weighted by atomic mass is 35.5. The molecule has 0 spiro atoms. The second-order valence-corrected chi connectivity index (χ2v) is 5.42. The molecule has 2 rings (SSSR count). The van der Waals surface area contributed by atoms with Crippen molar-refractivity contribution >= 4 is 17.4 Å². The molecule has 1 heterocycles. The van der Waals surface area contributed by atoms with Gasteiger partial charge in [-0.3, -0.25) is 4.79 Å². The Hall–Kier alpha value is -0.900. The Morgan fingerprint density at radius 3 is 3.11 bits per heavy atom. The molecule has 1 atom stereocenters. The van der Waals surface area contributed by atoms with E-state index in [0.717, 1.165) is 32.5 Å². The molecule has 0 bridgehead atoms. The number of carbonyl (C=O) groups is 1. The van der Waals surface area contributed by atoms with Crippen LogP contribution in [0.2, 0.25) is 5.02 Å². The van der Waals surface area contributed by atoms with Gasteiger partial charge < -0.3 is 9.64 Å². The highest BCUT2D eigenvalue weighted by molar-refractivity contribution is 6.31. The van der Waals surface area contributed by atoms with Crippen LogP contribution in [0, 0.1) is 0 Å². The minimum Gasteiger partial charge on any atom is -0.380 e. The Morgan fingerprint density at radius 2 is 2.37 bits per heavy atom. The molecular weight excluding hydrogens is 262 g/mol. The maximum Gasteiger partial charge on any atom is 0.164 e. The van der Waals surface area contributed by atoms with Crippen LogP contribution in [-0.2, 0) is 4.74 Å². The van der Waals surface area contributed by atoms with Crippen molar-refractivity contribution in [3.63, 3.8) is 0 Å². The Morgan fingerprint density at radius 1 is 1.53 bits per heavy atom. The van der Waals surface area contributed by atoms with Crippen molar-refractivity contribution in [3.05, 3.63) is 34.9 Å². The van der Waals surface area contributed by atoms with Crippen LogP contribution in [0.1, 0.15) is 29.6 Å². The van der Waals surface area contributed by atoms with E-state index >= 15 is 0 Å². The van der Waals surface area contributed by atoms with E-state index in [4.69, 9.17) is 16.3 Å². The topological polar surface area (TPSA) is 29.5 Å². The fraction of sp³-hybridized carbons (Fsp3) is 0.533. The largest absolute Gasteiger partial charge is 0.380 e. The highest BCUT2D eigenvalue weighted by Crippen LogP contribution is 2.15. The van der Waals surface area contributed by atoms with Crippen LogP contribution in [-0.4, -0.2) is 43.5 Å². The lowest BCUT2D eigenvalue weighted by Gasteiger charge is -2.31. The van der Waals surface area contributed by atoms with Crippen LogP contribution >= 0.6 is 11.6 Å². The molecule has 0 amide bonds. The molecule has 0 radical (unpaired) electrons. The number of hydrogen-bond donors (Lipinski definition) is 0. The second kappa shape index (κ2) is 7.04. The SMILES string of the molecule is COC1CCCN(CCC(=O)c2cccc(Cl)c2)C1. The fourth-order valence-corrected chi connectivity index (χ4v) is 2.66. The minimum atomic E-state index is 0.155. The summed E-state index contributed by atoms with van der Waals surface area (Å²) in [5.41, 5.74) is 0.702. The first-order valence-corrected chi connectivity index (χ1v) is 7.11. The third-order valence-corrected chi connectivity index (χ3v) is 3.83. The lowest BCUT2D eigenvalue weighted by molar-refractivity contribution is 0.0309. The Kier molecular flexibility index (Phi) is 5.37. The quantitative estimate of drug-likeness (QED) is 0.777. The first-order valence-electron chi connectivity index (χ1n) is 6.73. The zero-order valence-electron chi connectivity index (χ0n) is 11.3. The standard InChI is InChI=1S/C15H20ClNO2/c1-19-14-6-3-8-17(11-14)9-7-15(18)12-4-2-5-13(16)10-12/h2,4-5,10,14H,3,6-9,11H2,1H3. The number of piperidine rings is 1. The van der Waals surface area contributed by atoms with E-state index in [0.29, 0.717) is 23.1 Å². The maximum absolute atomic E-state index is 12.1. The summed E-state index contributed by atoms with van der Waals surface area (Å²) >= 11 is 5.90. The lowest BCUT2D eigenvalue weighted by Crippen LogP contribution is -2.40. The smallest absolute Gasteiger partial charge is 0.164 e. The number of ketones is 1. The number of hydrogen-bond acceptors (Lipinski definition) is 3. The summed E-state index contributed by atoms with van der Waals surface area (Å²) in [5.74, 6) is 0.155. The fourth-order valence-electron chi connectivity index (χ4n) is 2.47. The molecule has 1 aliphatic heterocycles. The van der Waals surface area contributed by atoms with Gasteiger partial charge in [-0.25, -0.2) is 0 Å². The van der Waals surface area contributed by atoms with E-state index in [1.165, 1.54) is 0 Å². The third-order valence-electron chi connectivity index (χ3n) is 3.60. The van der Waals surface area contributed by atoms with Gasteiger partial charge in [0, 0.05) is 37.2 Å². The molecule has 104 valence electrons. The molecule has 3 nitrogen and oxygen atoms in total. The molecule has 1 unspecified atom stereocenters. The molecule has 1 aromatic rings. The van der Waals surface area contributed by atoms with E-state index in [2.05, 4.69) is 4.90 Å². The van der Waals surface area contributed by atoms with Gasteiger partial charge in [0.15, 0.2) is 5.78 Å². The third kappa shape index (κ3) is 4.30. The molecule has 1 fully saturated rings. The number of carbonyl (C=O) groups excluding carboxylic acids is 1. The maximum atomic E-state index is 12.1. The molecule has 0 aliphatic carbocycles. The monoisotopic (exact) mass is 281 g/mol. The van der Waals surface area contributed by atoms with E-state index < -0.39 is 0 Å². The normalized spacial score (nSPS) is 20.4. The Labute approximate surface area is 119 Å². The van der Waals surface area contributed by atoms with Gasteiger partial charge in [0.25, 0.3) is 0 Å². The van der Waals surface area contributed by atoms with Crippen molar-refractivity contribution in [2.24, 2.45) is 0 Å². The van der Waals surface area contributed by atoms with Crippen LogP contribution < -0.4 is 0 Å². The van der Waals surface area contributed by atoms with Crippen molar-refractivity contribution in [1.82, 2.24) is 4.90 Å². The predicted molar refractivity (Wildman–Crippen MR) is 76.9 cm³/mol. The number of halogens is 1. The summed E-state index contributed by atoms with van der Waals surface area (Å²) in [5, 5.41) is 0.614. The summed E-state index contributed by atoms with van der Waals surface area (Å²) in [6.45, 7) is 2.78. The summed E-state index contributed by atoms with van der Waals surface area (Å²) in [7, 11) is 1.76. The average molecular weight is 282 g/mol. The van der Waals surface area contributed by atoms with Gasteiger partial charge in [-0.2, -0.15) is 0 Å². The molecular formula is C15H20ClNO2. The summed E-state index contributed by atoms with van der Waals surface area (Å²) in [6, 6.07) is 7.16. The van der Waals surface area contributed by atoms with Crippen molar-refractivity contribution in [3.8, 4) is 0 Å². The average Bonchev–Trinajstić information content (AvgIpc) is 2.45. The Bertz CT molecular complexity index is 436. The first-order chi connectivity index (χ1) is 9.19. The van der Waals surface area contributed by atoms with Crippen molar-refractivity contribution in [2.75, 3.05) is 26.7 Å². The van der Waals surface area contributed by atoms with Crippen LogP contribution in [0.15, 0.2) is 24.3 Å². The van der Waals surface area contributed by atoms with E-state index in [-0.39, 0.29) is 5.78 Å². The van der Waals surface area contributed by atoms with Gasteiger partial charge in [-0.15, -0.1) is 0 Å². The zero-order valence-corrected chi connectivity index (χ0v) is 12.0. The van der Waals surface area contributed by atoms with Gasteiger partial charge in [-0.05, 0) is 31.5 Å². The second-order valence-electron chi connectivity index (χ2n) is 4.98. The molecule has 1 saturated heterocycles. The summed E-state index contributed by atoms with van der Waals surface area (Å²) in [4.78, 5) is 14.4. The number of rotatable bonds is 5. The molecule has 1 aliphatic rings. The van der Waals surface area contributed by atoms with Gasteiger partial charge in [-0.1, -0.05) is 23.7 Å². The first kappa shape index (κ1) is 14.5. The van der Waals surface area contributed by atoms with Crippen LogP contribution in [0.25, 0.3) is 0 Å². The molecule has 1 aromatic carbocycles. The van der Waals surface area contributed by atoms with E-state index in [1.807, 2.05) is 12.1 Å². The number of benzene rings is 1. The zero-order chi connectivity index (χ0) is 13.7. The highest BCUT2D eigenvalue weighted by Gasteiger charge is 2.19. The number of Topliss-reactive ketones (excluding diaryl/α,β-unsaturated/α-hetero) is 1.